The molecule has 2 heteroatoms. The molecule has 1 saturated carbocycles. The minimum absolute atomic E-state index is 0.260. The first-order valence-electron chi connectivity index (χ1n) is 7.53. The average Bonchev–Trinajstić information content (AvgIpc) is 3.20. The molecule has 1 atom stereocenters. The van der Waals surface area contributed by atoms with Crippen LogP contribution < -0.4 is 5.32 Å². The number of carbonyl (C=O) groups excluding carboxylic acids is 1. The van der Waals surface area contributed by atoms with Gasteiger partial charge >= 0.3 is 0 Å². The number of rotatable bonds is 2. The van der Waals surface area contributed by atoms with Crippen LogP contribution in [-0.2, 0) is 0 Å². The molecule has 2 aromatic rings. The fourth-order valence-electron chi connectivity index (χ4n) is 3.82. The highest BCUT2D eigenvalue weighted by molar-refractivity contribution is 6.10. The van der Waals surface area contributed by atoms with Crippen molar-refractivity contribution in [2.75, 3.05) is 13.1 Å². The van der Waals surface area contributed by atoms with Crippen molar-refractivity contribution in [1.29, 1.82) is 0 Å². The molecular formula is C18H19NO. The van der Waals surface area contributed by atoms with Gasteiger partial charge in [0.2, 0.25) is 0 Å². The van der Waals surface area contributed by atoms with Crippen LogP contribution in [0, 0.1) is 11.3 Å². The predicted octanol–water partition coefficient (Wildman–Crippen LogP) is 3.41. The largest absolute Gasteiger partial charge is 0.317 e. The van der Waals surface area contributed by atoms with Gasteiger partial charge in [0.15, 0.2) is 5.78 Å². The molecule has 2 aliphatic rings. The molecule has 0 aromatic heterocycles. The third-order valence-corrected chi connectivity index (χ3v) is 5.16. The molecule has 20 heavy (non-hydrogen) atoms. The monoisotopic (exact) mass is 265 g/mol. The van der Waals surface area contributed by atoms with Crippen LogP contribution in [-0.4, -0.2) is 18.9 Å². The maximum Gasteiger partial charge on any atom is 0.167 e. The van der Waals surface area contributed by atoms with Gasteiger partial charge in [0.05, 0.1) is 0 Å². The van der Waals surface area contributed by atoms with Crippen molar-refractivity contribution in [3.63, 3.8) is 0 Å². The van der Waals surface area contributed by atoms with E-state index in [0.717, 1.165) is 43.3 Å². The standard InChI is InChI=1S/C18H19NO/c20-17(16-12-18(16)8-10-19-11-9-18)15-7-3-5-13-4-1-2-6-14(13)15/h1-7,16,19H,8-12H2. The zero-order valence-electron chi connectivity index (χ0n) is 11.6. The summed E-state index contributed by atoms with van der Waals surface area (Å²) in [6.45, 7) is 2.14. The van der Waals surface area contributed by atoms with Gasteiger partial charge in [-0.25, -0.2) is 0 Å². The van der Waals surface area contributed by atoms with Gasteiger partial charge in [-0.2, -0.15) is 0 Å². The molecule has 1 heterocycles. The normalized spacial score (nSPS) is 23.9. The zero-order valence-corrected chi connectivity index (χ0v) is 11.6. The van der Waals surface area contributed by atoms with Crippen LogP contribution in [0.3, 0.4) is 0 Å². The van der Waals surface area contributed by atoms with Crippen molar-refractivity contribution >= 4 is 16.6 Å². The summed E-state index contributed by atoms with van der Waals surface area (Å²) in [5.74, 6) is 0.624. The van der Waals surface area contributed by atoms with Crippen LogP contribution in [0.5, 0.6) is 0 Å². The first kappa shape index (κ1) is 12.1. The van der Waals surface area contributed by atoms with E-state index >= 15 is 0 Å². The number of hydrogen-bond acceptors (Lipinski definition) is 2. The van der Waals surface area contributed by atoms with E-state index in [1.165, 1.54) is 5.39 Å². The first-order chi connectivity index (χ1) is 9.80. The molecule has 1 aliphatic heterocycles. The summed E-state index contributed by atoms with van der Waals surface area (Å²) in [6.07, 6.45) is 3.42. The molecule has 2 nitrogen and oxygen atoms in total. The smallest absolute Gasteiger partial charge is 0.167 e. The van der Waals surface area contributed by atoms with Gasteiger partial charge in [0.1, 0.15) is 0 Å². The molecule has 1 saturated heterocycles. The maximum absolute atomic E-state index is 12.9. The van der Waals surface area contributed by atoms with Crippen molar-refractivity contribution in [1.82, 2.24) is 5.32 Å². The summed E-state index contributed by atoms with van der Waals surface area (Å²) >= 11 is 0. The summed E-state index contributed by atoms with van der Waals surface area (Å²) in [5, 5.41) is 5.67. The van der Waals surface area contributed by atoms with Crippen LogP contribution in [0.4, 0.5) is 0 Å². The number of nitrogens with one attached hydrogen (secondary N) is 1. The number of benzene rings is 2. The maximum atomic E-state index is 12.9. The van der Waals surface area contributed by atoms with Crippen molar-refractivity contribution in [2.45, 2.75) is 19.3 Å². The molecule has 0 radical (unpaired) electrons. The lowest BCUT2D eigenvalue weighted by atomic mass is 9.88. The fraction of sp³-hybridized carbons (Fsp3) is 0.389. The molecule has 2 aromatic carbocycles. The number of hydrogen-bond donors (Lipinski definition) is 1. The molecule has 1 N–H and O–H groups in total. The lowest BCUT2D eigenvalue weighted by molar-refractivity contribution is 0.0942. The Morgan fingerprint density at radius 1 is 1.05 bits per heavy atom. The van der Waals surface area contributed by atoms with E-state index in [0.29, 0.717) is 11.2 Å². The van der Waals surface area contributed by atoms with Crippen molar-refractivity contribution < 1.29 is 4.79 Å². The van der Waals surface area contributed by atoms with Crippen LogP contribution in [0.2, 0.25) is 0 Å². The summed E-state index contributed by atoms with van der Waals surface area (Å²) in [4.78, 5) is 12.9. The Hall–Kier alpha value is -1.67. The second-order valence-corrected chi connectivity index (χ2v) is 6.26. The number of Topliss-reactive ketones (excluding diaryl/α,β-unsaturated/α-hetero) is 1. The SMILES string of the molecule is O=C(c1cccc2ccccc12)C1CC12CCNCC2. The Morgan fingerprint density at radius 2 is 1.80 bits per heavy atom. The minimum atomic E-state index is 0.260. The van der Waals surface area contributed by atoms with E-state index in [1.54, 1.807) is 0 Å². The summed E-state index contributed by atoms with van der Waals surface area (Å²) in [5.41, 5.74) is 1.24. The second kappa shape index (κ2) is 4.42. The quantitative estimate of drug-likeness (QED) is 0.843. The molecular weight excluding hydrogens is 246 g/mol. The van der Waals surface area contributed by atoms with Gasteiger partial charge < -0.3 is 5.32 Å². The van der Waals surface area contributed by atoms with Gasteiger partial charge in [-0.15, -0.1) is 0 Å². The summed E-state index contributed by atoms with van der Waals surface area (Å²) in [6, 6.07) is 14.3. The second-order valence-electron chi connectivity index (χ2n) is 6.26. The van der Waals surface area contributed by atoms with Crippen LogP contribution in [0.1, 0.15) is 29.6 Å². The van der Waals surface area contributed by atoms with E-state index < -0.39 is 0 Å². The van der Waals surface area contributed by atoms with E-state index in [-0.39, 0.29) is 5.92 Å². The lowest BCUT2D eigenvalue weighted by Gasteiger charge is -2.23. The Bertz CT molecular complexity index is 665. The van der Waals surface area contributed by atoms with Gasteiger partial charge in [-0.05, 0) is 48.5 Å². The average molecular weight is 265 g/mol. The number of carbonyl (C=O) groups is 1. The van der Waals surface area contributed by atoms with Crippen molar-refractivity contribution in [3.05, 3.63) is 48.0 Å². The Kier molecular flexibility index (Phi) is 2.67. The van der Waals surface area contributed by atoms with Gasteiger partial charge in [-0.3, -0.25) is 4.79 Å². The minimum Gasteiger partial charge on any atom is -0.317 e. The topological polar surface area (TPSA) is 29.1 Å². The summed E-state index contributed by atoms with van der Waals surface area (Å²) < 4.78 is 0. The highest BCUT2D eigenvalue weighted by Crippen LogP contribution is 2.59. The van der Waals surface area contributed by atoms with Gasteiger partial charge in [-0.1, -0.05) is 42.5 Å². The predicted molar refractivity (Wildman–Crippen MR) is 80.9 cm³/mol. The highest BCUT2D eigenvalue weighted by atomic mass is 16.1. The molecule has 2 fully saturated rings. The van der Waals surface area contributed by atoms with Gasteiger partial charge in [0.25, 0.3) is 0 Å². The third-order valence-electron chi connectivity index (χ3n) is 5.16. The van der Waals surface area contributed by atoms with E-state index in [4.69, 9.17) is 0 Å². The Labute approximate surface area is 119 Å². The molecule has 1 unspecified atom stereocenters. The highest BCUT2D eigenvalue weighted by Gasteiger charge is 2.57. The Morgan fingerprint density at radius 3 is 2.65 bits per heavy atom. The number of fused-ring (bicyclic) bond motifs is 1. The van der Waals surface area contributed by atoms with Crippen LogP contribution >= 0.6 is 0 Å². The van der Waals surface area contributed by atoms with Crippen LogP contribution in [0.15, 0.2) is 42.5 Å². The zero-order chi connectivity index (χ0) is 13.6. The van der Waals surface area contributed by atoms with E-state index in [2.05, 4.69) is 23.5 Å². The van der Waals surface area contributed by atoms with E-state index in [1.807, 2.05) is 24.3 Å². The fourth-order valence-corrected chi connectivity index (χ4v) is 3.82. The van der Waals surface area contributed by atoms with Crippen molar-refractivity contribution in [3.8, 4) is 0 Å². The first-order valence-corrected chi connectivity index (χ1v) is 7.53. The molecule has 1 aliphatic carbocycles. The number of ketones is 1. The molecule has 1 spiro atoms. The molecule has 4 rings (SSSR count). The molecule has 0 amide bonds. The van der Waals surface area contributed by atoms with Crippen molar-refractivity contribution in [2.24, 2.45) is 11.3 Å². The van der Waals surface area contributed by atoms with E-state index in [9.17, 15) is 4.79 Å². The summed E-state index contributed by atoms with van der Waals surface area (Å²) in [7, 11) is 0. The Balaban J connectivity index is 1.68. The lowest BCUT2D eigenvalue weighted by Crippen LogP contribution is -2.30. The van der Waals surface area contributed by atoms with Crippen LogP contribution in [0.25, 0.3) is 10.8 Å². The number of piperidine rings is 1. The third kappa shape index (κ3) is 1.79. The molecule has 0 bridgehead atoms. The molecule has 102 valence electrons. The van der Waals surface area contributed by atoms with Gasteiger partial charge in [0, 0.05) is 11.5 Å².